The highest BCUT2D eigenvalue weighted by atomic mass is 32.1. The van der Waals surface area contributed by atoms with Gasteiger partial charge in [-0.2, -0.15) is 5.10 Å². The molecule has 1 aromatic carbocycles. The Labute approximate surface area is 152 Å². The molecule has 1 amide bonds. The number of amides is 1. The maximum atomic E-state index is 12.6. The van der Waals surface area contributed by atoms with Crippen LogP contribution in [0.3, 0.4) is 0 Å². The van der Waals surface area contributed by atoms with Gasteiger partial charge in [-0.1, -0.05) is 29.8 Å². The largest absolute Gasteiger partial charge is 0.372 e. The molecule has 0 bridgehead atoms. The second kappa shape index (κ2) is 7.49. The minimum Gasteiger partial charge on any atom is -0.372 e. The Morgan fingerprint density at radius 3 is 2.56 bits per heavy atom. The van der Waals surface area contributed by atoms with Gasteiger partial charge in [-0.15, -0.1) is 0 Å². The summed E-state index contributed by atoms with van der Waals surface area (Å²) in [6.45, 7) is 7.84. The number of aromatic nitrogens is 3. The van der Waals surface area contributed by atoms with Crippen molar-refractivity contribution in [1.29, 1.82) is 0 Å². The SMILES string of the molecule is Cc1ccc(-c2n[nH]c(=S)n2CCC(=O)N2CC(C)OC(C)C2)cc1. The van der Waals surface area contributed by atoms with Crippen LogP contribution >= 0.6 is 12.2 Å². The average molecular weight is 360 g/mol. The van der Waals surface area contributed by atoms with Crippen molar-refractivity contribution in [2.24, 2.45) is 0 Å². The van der Waals surface area contributed by atoms with Gasteiger partial charge in [-0.3, -0.25) is 14.5 Å². The zero-order valence-electron chi connectivity index (χ0n) is 14.9. The van der Waals surface area contributed by atoms with Crippen molar-refractivity contribution in [2.75, 3.05) is 13.1 Å². The summed E-state index contributed by atoms with van der Waals surface area (Å²) < 4.78 is 8.12. The first-order chi connectivity index (χ1) is 11.9. The van der Waals surface area contributed by atoms with Crippen LogP contribution in [0.4, 0.5) is 0 Å². The van der Waals surface area contributed by atoms with Crippen LogP contribution < -0.4 is 0 Å². The Morgan fingerprint density at radius 1 is 1.28 bits per heavy atom. The molecule has 1 aliphatic rings. The molecule has 1 aromatic heterocycles. The molecule has 2 heterocycles. The molecule has 7 heteroatoms. The predicted octanol–water partition coefficient (Wildman–Crippen LogP) is 2.94. The van der Waals surface area contributed by atoms with E-state index >= 15 is 0 Å². The molecule has 6 nitrogen and oxygen atoms in total. The zero-order chi connectivity index (χ0) is 18.0. The number of nitrogens with zero attached hydrogens (tertiary/aromatic N) is 3. The number of aryl methyl sites for hydroxylation is 1. The monoisotopic (exact) mass is 360 g/mol. The van der Waals surface area contributed by atoms with Gasteiger partial charge in [0.2, 0.25) is 5.91 Å². The van der Waals surface area contributed by atoms with Gasteiger partial charge in [0.1, 0.15) is 0 Å². The molecule has 3 rings (SSSR count). The van der Waals surface area contributed by atoms with Crippen molar-refractivity contribution in [1.82, 2.24) is 19.7 Å². The Kier molecular flexibility index (Phi) is 5.34. The van der Waals surface area contributed by atoms with Gasteiger partial charge in [0, 0.05) is 31.6 Å². The molecule has 25 heavy (non-hydrogen) atoms. The number of benzene rings is 1. The van der Waals surface area contributed by atoms with Crippen molar-refractivity contribution in [3.63, 3.8) is 0 Å². The number of hydrogen-bond donors (Lipinski definition) is 1. The minimum absolute atomic E-state index is 0.0758. The number of rotatable bonds is 4. The molecule has 1 N–H and O–H groups in total. The number of morpholine rings is 1. The third-order valence-corrected chi connectivity index (χ3v) is 4.70. The average Bonchev–Trinajstić information content (AvgIpc) is 2.93. The lowest BCUT2D eigenvalue weighted by Crippen LogP contribution is -2.48. The number of carbonyl (C=O) groups is 1. The second-order valence-corrected chi connectivity index (χ2v) is 7.06. The van der Waals surface area contributed by atoms with Crippen molar-refractivity contribution in [3.8, 4) is 11.4 Å². The van der Waals surface area contributed by atoms with E-state index in [1.165, 1.54) is 5.56 Å². The number of aromatic amines is 1. The molecule has 2 unspecified atom stereocenters. The Morgan fingerprint density at radius 2 is 1.92 bits per heavy atom. The van der Waals surface area contributed by atoms with E-state index in [4.69, 9.17) is 17.0 Å². The van der Waals surface area contributed by atoms with E-state index < -0.39 is 0 Å². The van der Waals surface area contributed by atoms with Gasteiger partial charge < -0.3 is 9.64 Å². The van der Waals surface area contributed by atoms with Crippen molar-refractivity contribution in [3.05, 3.63) is 34.6 Å². The molecule has 1 saturated heterocycles. The van der Waals surface area contributed by atoms with Crippen molar-refractivity contribution >= 4 is 18.1 Å². The van der Waals surface area contributed by atoms with Gasteiger partial charge in [0.05, 0.1) is 12.2 Å². The minimum atomic E-state index is 0.0758. The van der Waals surface area contributed by atoms with E-state index in [9.17, 15) is 4.79 Å². The van der Waals surface area contributed by atoms with Crippen LogP contribution in [0.15, 0.2) is 24.3 Å². The van der Waals surface area contributed by atoms with Crippen LogP contribution in [0.1, 0.15) is 25.8 Å². The fourth-order valence-electron chi connectivity index (χ4n) is 3.20. The summed E-state index contributed by atoms with van der Waals surface area (Å²) in [5.41, 5.74) is 2.18. The normalized spacial score (nSPS) is 20.7. The molecular formula is C18H24N4O2S. The summed E-state index contributed by atoms with van der Waals surface area (Å²) >= 11 is 5.34. The summed E-state index contributed by atoms with van der Waals surface area (Å²) in [6, 6.07) is 8.12. The van der Waals surface area contributed by atoms with E-state index in [2.05, 4.69) is 10.2 Å². The molecule has 1 aliphatic heterocycles. The van der Waals surface area contributed by atoms with E-state index in [0.29, 0.717) is 30.8 Å². The highest BCUT2D eigenvalue weighted by Gasteiger charge is 2.25. The molecule has 0 radical (unpaired) electrons. The first kappa shape index (κ1) is 17.8. The smallest absolute Gasteiger partial charge is 0.224 e. The Balaban J connectivity index is 1.71. The zero-order valence-corrected chi connectivity index (χ0v) is 15.7. The van der Waals surface area contributed by atoms with E-state index in [1.54, 1.807) is 0 Å². The van der Waals surface area contributed by atoms with E-state index in [-0.39, 0.29) is 18.1 Å². The second-order valence-electron chi connectivity index (χ2n) is 6.68. The van der Waals surface area contributed by atoms with Crippen LogP contribution in [0.5, 0.6) is 0 Å². The first-order valence-corrected chi connectivity index (χ1v) is 9.00. The summed E-state index contributed by atoms with van der Waals surface area (Å²) in [6.07, 6.45) is 0.547. The van der Waals surface area contributed by atoms with Gasteiger partial charge in [0.15, 0.2) is 10.6 Å². The third-order valence-electron chi connectivity index (χ3n) is 4.39. The highest BCUT2D eigenvalue weighted by Crippen LogP contribution is 2.19. The summed E-state index contributed by atoms with van der Waals surface area (Å²) in [4.78, 5) is 14.5. The number of carbonyl (C=O) groups excluding carboxylic acids is 1. The van der Waals surface area contributed by atoms with Gasteiger partial charge in [-0.25, -0.2) is 0 Å². The quantitative estimate of drug-likeness (QED) is 0.852. The molecule has 134 valence electrons. The van der Waals surface area contributed by atoms with Gasteiger partial charge >= 0.3 is 0 Å². The van der Waals surface area contributed by atoms with Crippen molar-refractivity contribution in [2.45, 2.75) is 45.9 Å². The van der Waals surface area contributed by atoms with E-state index in [0.717, 1.165) is 11.4 Å². The lowest BCUT2D eigenvalue weighted by atomic mass is 10.1. The van der Waals surface area contributed by atoms with Crippen LogP contribution in [0.2, 0.25) is 0 Å². The summed E-state index contributed by atoms with van der Waals surface area (Å²) in [7, 11) is 0. The van der Waals surface area contributed by atoms with Crippen molar-refractivity contribution < 1.29 is 9.53 Å². The number of H-pyrrole nitrogens is 1. The lowest BCUT2D eigenvalue weighted by molar-refractivity contribution is -0.143. The highest BCUT2D eigenvalue weighted by molar-refractivity contribution is 7.71. The molecule has 1 fully saturated rings. The molecule has 0 spiro atoms. The number of ether oxygens (including phenoxy) is 1. The first-order valence-electron chi connectivity index (χ1n) is 8.59. The van der Waals surface area contributed by atoms with Crippen LogP contribution in [0, 0.1) is 11.7 Å². The van der Waals surface area contributed by atoms with Gasteiger partial charge in [0.25, 0.3) is 0 Å². The fraction of sp³-hybridized carbons (Fsp3) is 0.500. The van der Waals surface area contributed by atoms with E-state index in [1.807, 2.05) is 54.5 Å². The molecule has 2 aromatic rings. The lowest BCUT2D eigenvalue weighted by Gasteiger charge is -2.35. The summed E-state index contributed by atoms with van der Waals surface area (Å²) in [5, 5.41) is 7.17. The fourth-order valence-corrected chi connectivity index (χ4v) is 3.42. The van der Waals surface area contributed by atoms with Crippen LogP contribution in [-0.2, 0) is 16.1 Å². The predicted molar refractivity (Wildman–Crippen MR) is 98.8 cm³/mol. The third kappa shape index (κ3) is 4.16. The van der Waals surface area contributed by atoms with Crippen LogP contribution in [0.25, 0.3) is 11.4 Å². The topological polar surface area (TPSA) is 63.2 Å². The molecule has 0 aliphatic carbocycles. The Bertz CT molecular complexity index is 786. The maximum Gasteiger partial charge on any atom is 0.224 e. The molecular weight excluding hydrogens is 336 g/mol. The maximum absolute atomic E-state index is 12.6. The van der Waals surface area contributed by atoms with Crippen LogP contribution in [-0.4, -0.2) is 50.9 Å². The van der Waals surface area contributed by atoms with Gasteiger partial charge in [-0.05, 0) is 33.0 Å². The molecule has 0 saturated carbocycles. The summed E-state index contributed by atoms with van der Waals surface area (Å²) in [5.74, 6) is 0.890. The molecule has 2 atom stereocenters. The standard InChI is InChI=1S/C18H24N4O2S/c1-12-4-6-15(7-5-12)17-19-20-18(25)22(17)9-8-16(23)21-10-13(2)24-14(3)11-21/h4-7,13-14H,8-11H2,1-3H3,(H,20,25). The Hall–Kier alpha value is -1.99. The number of hydrogen-bond acceptors (Lipinski definition) is 4. The number of nitrogens with one attached hydrogen (secondary N) is 1.